The van der Waals surface area contributed by atoms with Crippen LogP contribution in [-0.2, 0) is 0 Å². The van der Waals surface area contributed by atoms with Gasteiger partial charge >= 0.3 is 0 Å². The molecule has 0 unspecified atom stereocenters. The van der Waals surface area contributed by atoms with Crippen molar-refractivity contribution in [2.24, 2.45) is 0 Å². The second-order valence-corrected chi connectivity index (χ2v) is 17.9. The summed E-state index contributed by atoms with van der Waals surface area (Å²) in [6.45, 7) is 0. The van der Waals surface area contributed by atoms with Crippen LogP contribution in [-0.4, -0.2) is 34.1 Å². The third-order valence-electron chi connectivity index (χ3n) is 13.0. The molecule has 14 aromatic rings. The van der Waals surface area contributed by atoms with Gasteiger partial charge in [-0.25, -0.2) is 24.9 Å². The highest BCUT2D eigenvalue weighted by Gasteiger charge is 2.23. The molecule has 0 aliphatic rings. The van der Waals surface area contributed by atoms with Crippen LogP contribution in [0.25, 0.3) is 132 Å². The van der Waals surface area contributed by atoms with E-state index in [1.807, 2.05) is 30.3 Å². The monoisotopic (exact) mass is 873 g/mol. The molecule has 67 heavy (non-hydrogen) atoms. The Morgan fingerprint density at radius 3 is 1.52 bits per heavy atom. The van der Waals surface area contributed by atoms with Crippen molar-refractivity contribution in [1.29, 1.82) is 0 Å². The lowest BCUT2D eigenvalue weighted by Crippen LogP contribution is -2.04. The second kappa shape index (κ2) is 14.9. The molecule has 7 nitrogen and oxygen atoms in total. The van der Waals surface area contributed by atoms with Gasteiger partial charge in [-0.2, -0.15) is 0 Å². The van der Waals surface area contributed by atoms with Gasteiger partial charge in [-0.3, -0.25) is 9.13 Å². The molecular formula is C59H35N7S. The summed E-state index contributed by atoms with van der Waals surface area (Å²) >= 11 is 1.72. The number of nitrogens with zero attached hydrogens (tertiary/aromatic N) is 7. The van der Waals surface area contributed by atoms with Crippen LogP contribution in [0.4, 0.5) is 0 Å². The van der Waals surface area contributed by atoms with Gasteiger partial charge in [0.05, 0.1) is 54.7 Å². The number of fused-ring (bicyclic) bond motifs is 9. The van der Waals surface area contributed by atoms with Gasteiger partial charge in [-0.15, -0.1) is 11.3 Å². The maximum atomic E-state index is 5.41. The van der Waals surface area contributed by atoms with Gasteiger partial charge in [-0.05, 0) is 48.0 Å². The smallest absolute Gasteiger partial charge is 0.235 e. The van der Waals surface area contributed by atoms with Crippen LogP contribution in [0, 0.1) is 0 Å². The topological polar surface area (TPSA) is 74.3 Å². The molecule has 0 radical (unpaired) electrons. The van der Waals surface area contributed by atoms with Crippen LogP contribution in [0.3, 0.4) is 0 Å². The van der Waals surface area contributed by atoms with E-state index >= 15 is 0 Å². The first-order valence-corrected chi connectivity index (χ1v) is 23.2. The largest absolute Gasteiger partial charge is 0.278 e. The maximum absolute atomic E-state index is 5.41. The van der Waals surface area contributed by atoms with Crippen molar-refractivity contribution >= 4 is 87.0 Å². The molecule has 14 rings (SSSR count). The number of aromatic nitrogens is 7. The lowest BCUT2D eigenvalue weighted by atomic mass is 10.00. The van der Waals surface area contributed by atoms with Crippen molar-refractivity contribution in [2.75, 3.05) is 0 Å². The van der Waals surface area contributed by atoms with Crippen molar-refractivity contribution < 1.29 is 0 Å². The molecule has 0 amide bonds. The molecule has 0 aliphatic heterocycles. The van der Waals surface area contributed by atoms with E-state index < -0.39 is 0 Å². The Morgan fingerprint density at radius 2 is 0.851 bits per heavy atom. The number of thiazole rings is 1. The predicted molar refractivity (Wildman–Crippen MR) is 276 cm³/mol. The molecule has 0 fully saturated rings. The Bertz CT molecular complexity index is 4270. The van der Waals surface area contributed by atoms with Gasteiger partial charge in [0, 0.05) is 54.6 Å². The minimum atomic E-state index is 0.605. The summed E-state index contributed by atoms with van der Waals surface area (Å²) in [6, 6.07) is 74.3. The van der Waals surface area contributed by atoms with Gasteiger partial charge in [-0.1, -0.05) is 170 Å². The van der Waals surface area contributed by atoms with E-state index in [0.29, 0.717) is 11.9 Å². The molecule has 312 valence electrons. The van der Waals surface area contributed by atoms with Crippen LogP contribution in [0.15, 0.2) is 212 Å². The van der Waals surface area contributed by atoms with Crippen LogP contribution < -0.4 is 0 Å². The minimum Gasteiger partial charge on any atom is -0.278 e. The van der Waals surface area contributed by atoms with E-state index in [1.165, 1.54) is 0 Å². The normalized spacial score (nSPS) is 11.9. The highest BCUT2D eigenvalue weighted by molar-refractivity contribution is 7.21. The summed E-state index contributed by atoms with van der Waals surface area (Å²) < 4.78 is 5.59. The fourth-order valence-corrected chi connectivity index (χ4v) is 10.9. The molecule has 5 heterocycles. The van der Waals surface area contributed by atoms with Crippen molar-refractivity contribution in [3.63, 3.8) is 0 Å². The van der Waals surface area contributed by atoms with Crippen LogP contribution in [0.1, 0.15) is 0 Å². The Morgan fingerprint density at radius 1 is 0.313 bits per heavy atom. The second-order valence-electron chi connectivity index (χ2n) is 16.9. The third kappa shape index (κ3) is 5.93. The van der Waals surface area contributed by atoms with Crippen molar-refractivity contribution in [3.8, 4) is 56.1 Å². The van der Waals surface area contributed by atoms with E-state index in [2.05, 4.69) is 191 Å². The van der Waals surface area contributed by atoms with Crippen LogP contribution in [0.5, 0.6) is 0 Å². The van der Waals surface area contributed by atoms with Gasteiger partial charge < -0.3 is 0 Å². The maximum Gasteiger partial charge on any atom is 0.235 e. The molecule has 0 aliphatic carbocycles. The summed E-state index contributed by atoms with van der Waals surface area (Å²) in [4.78, 5) is 26.6. The minimum absolute atomic E-state index is 0.605. The van der Waals surface area contributed by atoms with Gasteiger partial charge in [0.25, 0.3) is 0 Å². The molecule has 0 N–H and O–H groups in total. The summed E-state index contributed by atoms with van der Waals surface area (Å²) in [5.41, 5.74) is 13.9. The average Bonchev–Trinajstić information content (AvgIpc) is 4.07. The van der Waals surface area contributed by atoms with Gasteiger partial charge in [0.1, 0.15) is 5.01 Å². The molecule has 8 heteroatoms. The zero-order valence-corrected chi connectivity index (χ0v) is 36.6. The Hall–Kier alpha value is -8.85. The fourth-order valence-electron chi connectivity index (χ4n) is 9.95. The Labute approximate surface area is 387 Å². The number of hydrogen-bond acceptors (Lipinski definition) is 6. The molecule has 0 saturated heterocycles. The van der Waals surface area contributed by atoms with Gasteiger partial charge in [0.15, 0.2) is 0 Å². The highest BCUT2D eigenvalue weighted by Crippen LogP contribution is 2.43. The zero-order chi connectivity index (χ0) is 44.0. The summed E-state index contributed by atoms with van der Waals surface area (Å²) in [5, 5.41) is 7.46. The SMILES string of the molecule is c1ccc(-c2nc3cc4c(cc3s2)c2cc(-c3cccc5c6ccccc6n(-c6nc(-c7ccccc7)c7ccccc7n6)c35)ccc2n4-c2nc(-c3ccccc3)c3ccccc3n2)cc1. The fraction of sp³-hybridized carbons (Fsp3) is 0. The van der Waals surface area contributed by atoms with E-state index in [4.69, 9.17) is 24.9 Å². The average molecular weight is 874 g/mol. The Balaban J connectivity index is 1.05. The first-order chi connectivity index (χ1) is 33.2. The van der Waals surface area contributed by atoms with Gasteiger partial charge in [0.2, 0.25) is 11.9 Å². The zero-order valence-electron chi connectivity index (χ0n) is 35.7. The molecule has 0 bridgehead atoms. The molecule has 0 saturated carbocycles. The first-order valence-electron chi connectivity index (χ1n) is 22.3. The molecular weight excluding hydrogens is 839 g/mol. The summed E-state index contributed by atoms with van der Waals surface area (Å²) in [7, 11) is 0. The quantitative estimate of drug-likeness (QED) is 0.166. The number of rotatable bonds is 6. The van der Waals surface area contributed by atoms with Crippen LogP contribution in [0.2, 0.25) is 0 Å². The number of hydrogen-bond donors (Lipinski definition) is 0. The molecule has 5 aromatic heterocycles. The standard InChI is InChI=1S/C59H35N7S/c1-4-17-36(18-5-1)54-43-24-10-13-28-47(43)61-58(63-54)65-51-32-31-39(33-45(51)46-34-53-49(35-52(46)65)60-57(67-53)38-21-8-3-9-22-38)40-26-16-27-42-41-23-12-15-30-50(41)66(56(40)42)59-62-48-29-14-11-25-44(48)55(64-59)37-19-6-2-7-20-37/h1-35H. The van der Waals surface area contributed by atoms with Crippen molar-refractivity contribution in [3.05, 3.63) is 212 Å². The predicted octanol–water partition coefficient (Wildman–Crippen LogP) is 15.0. The lowest BCUT2D eigenvalue weighted by Gasteiger charge is -2.14. The van der Waals surface area contributed by atoms with E-state index in [-0.39, 0.29) is 0 Å². The van der Waals surface area contributed by atoms with E-state index in [0.717, 1.165) is 120 Å². The van der Waals surface area contributed by atoms with E-state index in [1.54, 1.807) is 11.3 Å². The first kappa shape index (κ1) is 37.5. The Kier molecular flexibility index (Phi) is 8.32. The molecule has 9 aromatic carbocycles. The highest BCUT2D eigenvalue weighted by atomic mass is 32.1. The molecule has 0 spiro atoms. The summed E-state index contributed by atoms with van der Waals surface area (Å²) in [5.74, 6) is 1.23. The van der Waals surface area contributed by atoms with E-state index in [9.17, 15) is 0 Å². The summed E-state index contributed by atoms with van der Waals surface area (Å²) in [6.07, 6.45) is 0. The van der Waals surface area contributed by atoms with Crippen molar-refractivity contribution in [1.82, 2.24) is 34.1 Å². The third-order valence-corrected chi connectivity index (χ3v) is 14.0. The number of para-hydroxylation sites is 4. The lowest BCUT2D eigenvalue weighted by molar-refractivity contribution is 1.01. The van der Waals surface area contributed by atoms with Crippen molar-refractivity contribution in [2.45, 2.75) is 0 Å². The van der Waals surface area contributed by atoms with Crippen LogP contribution >= 0.6 is 11.3 Å². The number of benzene rings is 9. The molecule has 0 atom stereocenters.